The van der Waals surface area contributed by atoms with E-state index in [0.717, 1.165) is 0 Å². The molecule has 1 heterocycles. The van der Waals surface area contributed by atoms with Crippen molar-refractivity contribution in [3.8, 4) is 0 Å². The summed E-state index contributed by atoms with van der Waals surface area (Å²) in [5.41, 5.74) is 0. The highest BCUT2D eigenvalue weighted by Crippen LogP contribution is 1.93. The van der Waals surface area contributed by atoms with Crippen molar-refractivity contribution in [2.24, 2.45) is 0 Å². The van der Waals surface area contributed by atoms with E-state index in [2.05, 4.69) is 20.8 Å². The summed E-state index contributed by atoms with van der Waals surface area (Å²) in [6.07, 6.45) is 0. The Hall–Kier alpha value is -2.16. The Morgan fingerprint density at radius 3 is 2.83 bits per heavy atom. The Labute approximate surface area is 103 Å². The molecule has 0 spiro atoms. The van der Waals surface area contributed by atoms with Gasteiger partial charge in [0.15, 0.2) is 5.82 Å². The van der Waals surface area contributed by atoms with E-state index in [9.17, 15) is 9.59 Å². The quantitative estimate of drug-likeness (QED) is 0.550. The predicted molar refractivity (Wildman–Crippen MR) is 57.7 cm³/mol. The van der Waals surface area contributed by atoms with Crippen LogP contribution in [0.25, 0.3) is 0 Å². The molecule has 0 unspecified atom stereocenters. The summed E-state index contributed by atoms with van der Waals surface area (Å²) in [4.78, 5) is 25.3. The van der Waals surface area contributed by atoms with Crippen LogP contribution in [0.2, 0.25) is 0 Å². The monoisotopic (exact) mass is 258 g/mol. The molecule has 18 heavy (non-hydrogen) atoms. The van der Waals surface area contributed by atoms with Gasteiger partial charge in [0.2, 0.25) is 5.89 Å². The number of hydrogen-bond donors (Lipinski definition) is 3. The maximum absolute atomic E-state index is 11.2. The van der Waals surface area contributed by atoms with Gasteiger partial charge in [0, 0.05) is 13.5 Å². The number of urea groups is 1. The Balaban J connectivity index is 2.05. The zero-order chi connectivity index (χ0) is 13.4. The first-order chi connectivity index (χ1) is 8.58. The van der Waals surface area contributed by atoms with Crippen molar-refractivity contribution in [2.75, 3.05) is 19.8 Å². The molecule has 0 bridgehead atoms. The molecule has 3 N–H and O–H groups in total. The molecule has 9 heteroatoms. The van der Waals surface area contributed by atoms with Gasteiger partial charge in [0.1, 0.15) is 6.61 Å². The summed E-state index contributed by atoms with van der Waals surface area (Å²) in [7, 11) is 0. The molecule has 0 atom stereocenters. The van der Waals surface area contributed by atoms with E-state index < -0.39 is 12.0 Å². The molecule has 1 aromatic rings. The normalized spacial score (nSPS) is 10.1. The lowest BCUT2D eigenvalue weighted by Crippen LogP contribution is -2.37. The van der Waals surface area contributed by atoms with Gasteiger partial charge in [-0.1, -0.05) is 5.16 Å². The topological polar surface area (TPSA) is 127 Å². The van der Waals surface area contributed by atoms with Crippen molar-refractivity contribution in [3.05, 3.63) is 11.7 Å². The van der Waals surface area contributed by atoms with Gasteiger partial charge < -0.3 is 25.0 Å². The lowest BCUT2D eigenvalue weighted by Gasteiger charge is -2.05. The van der Waals surface area contributed by atoms with Crippen molar-refractivity contribution in [1.29, 1.82) is 0 Å². The minimum atomic E-state index is -1.05. The number of ether oxygens (including phenoxy) is 1. The number of nitrogens with one attached hydrogen (secondary N) is 2. The van der Waals surface area contributed by atoms with Crippen LogP contribution in [0.4, 0.5) is 4.79 Å². The molecule has 0 aliphatic heterocycles. The highest BCUT2D eigenvalue weighted by molar-refractivity contribution is 5.73. The minimum Gasteiger partial charge on any atom is -0.480 e. The van der Waals surface area contributed by atoms with Gasteiger partial charge in [-0.3, -0.25) is 0 Å². The molecule has 0 radical (unpaired) electrons. The molecular weight excluding hydrogens is 244 g/mol. The third-order valence-corrected chi connectivity index (χ3v) is 1.73. The van der Waals surface area contributed by atoms with Crippen LogP contribution in [0.3, 0.4) is 0 Å². The zero-order valence-electron chi connectivity index (χ0n) is 9.80. The van der Waals surface area contributed by atoms with Gasteiger partial charge in [-0.05, 0) is 0 Å². The first-order valence-corrected chi connectivity index (χ1v) is 5.18. The second-order valence-corrected chi connectivity index (χ2v) is 3.29. The number of hydrogen-bond acceptors (Lipinski definition) is 6. The number of amides is 2. The maximum Gasteiger partial charge on any atom is 0.329 e. The van der Waals surface area contributed by atoms with Crippen LogP contribution in [0.15, 0.2) is 4.52 Å². The molecule has 0 aromatic carbocycles. The Morgan fingerprint density at radius 2 is 2.22 bits per heavy atom. The van der Waals surface area contributed by atoms with Crippen LogP contribution in [0, 0.1) is 6.92 Å². The number of carbonyl (C=O) groups excluding carboxylic acids is 1. The van der Waals surface area contributed by atoms with E-state index in [1.54, 1.807) is 6.92 Å². The third kappa shape index (κ3) is 5.80. The maximum atomic E-state index is 11.2. The van der Waals surface area contributed by atoms with Crippen LogP contribution >= 0.6 is 0 Å². The number of aliphatic carboxylic acids is 1. The first kappa shape index (κ1) is 13.9. The fraction of sp³-hybridized carbons (Fsp3) is 0.556. The third-order valence-electron chi connectivity index (χ3n) is 1.73. The highest BCUT2D eigenvalue weighted by atomic mass is 16.5. The summed E-state index contributed by atoms with van der Waals surface area (Å²) in [5, 5.41) is 16.9. The Bertz CT molecular complexity index is 405. The molecule has 0 saturated heterocycles. The highest BCUT2D eigenvalue weighted by Gasteiger charge is 2.04. The smallest absolute Gasteiger partial charge is 0.329 e. The van der Waals surface area contributed by atoms with E-state index in [1.165, 1.54) is 0 Å². The summed E-state index contributed by atoms with van der Waals surface area (Å²) in [6.45, 7) is 1.76. The number of carbonyl (C=O) groups is 2. The average Bonchev–Trinajstić information content (AvgIpc) is 2.71. The molecule has 1 rings (SSSR count). The van der Waals surface area contributed by atoms with Crippen LogP contribution in [-0.4, -0.2) is 47.0 Å². The molecular formula is C9H14N4O5. The summed E-state index contributed by atoms with van der Waals surface area (Å²) >= 11 is 0. The molecule has 1 aromatic heterocycles. The van der Waals surface area contributed by atoms with Crippen molar-refractivity contribution >= 4 is 12.0 Å². The molecule has 0 aliphatic rings. The van der Waals surface area contributed by atoms with Crippen molar-refractivity contribution < 1.29 is 24.0 Å². The van der Waals surface area contributed by atoms with Crippen LogP contribution in [-0.2, 0) is 16.1 Å². The van der Waals surface area contributed by atoms with Gasteiger partial charge >= 0.3 is 12.0 Å². The van der Waals surface area contributed by atoms with E-state index in [1.807, 2.05) is 0 Å². The second kappa shape index (κ2) is 7.22. The zero-order valence-corrected chi connectivity index (χ0v) is 9.80. The number of rotatable bonds is 7. The van der Waals surface area contributed by atoms with Gasteiger partial charge in [-0.25, -0.2) is 9.59 Å². The molecule has 2 amide bonds. The lowest BCUT2D eigenvalue weighted by molar-refractivity contribution is -0.142. The fourth-order valence-corrected chi connectivity index (χ4v) is 1.03. The second-order valence-electron chi connectivity index (χ2n) is 3.29. The van der Waals surface area contributed by atoms with Crippen LogP contribution in [0.5, 0.6) is 0 Å². The largest absolute Gasteiger partial charge is 0.480 e. The predicted octanol–water partition coefficient (Wildman–Crippen LogP) is -0.722. The van der Waals surface area contributed by atoms with Crippen LogP contribution in [0.1, 0.15) is 11.7 Å². The first-order valence-electron chi connectivity index (χ1n) is 5.18. The number of aromatic nitrogens is 2. The Morgan fingerprint density at radius 1 is 1.44 bits per heavy atom. The average molecular weight is 258 g/mol. The standard InChI is InChI=1S/C9H14N4O5/c1-6-12-7(13-18-6)4-11-9(16)10-2-3-17-5-8(14)15/h2-5H2,1H3,(H,14,15)(H2,10,11,16). The molecule has 0 saturated carbocycles. The van der Waals surface area contributed by atoms with Crippen molar-refractivity contribution in [1.82, 2.24) is 20.8 Å². The summed E-state index contributed by atoms with van der Waals surface area (Å²) in [5.74, 6) is -0.244. The fourth-order valence-electron chi connectivity index (χ4n) is 1.03. The molecule has 100 valence electrons. The van der Waals surface area contributed by atoms with Gasteiger partial charge in [-0.15, -0.1) is 0 Å². The van der Waals surface area contributed by atoms with E-state index in [4.69, 9.17) is 14.4 Å². The molecule has 0 fully saturated rings. The van der Waals surface area contributed by atoms with E-state index >= 15 is 0 Å². The summed E-state index contributed by atoms with van der Waals surface area (Å²) < 4.78 is 9.45. The minimum absolute atomic E-state index is 0.126. The van der Waals surface area contributed by atoms with Crippen molar-refractivity contribution in [2.45, 2.75) is 13.5 Å². The SMILES string of the molecule is Cc1nc(CNC(=O)NCCOCC(=O)O)no1. The van der Waals surface area contributed by atoms with Gasteiger partial charge in [-0.2, -0.15) is 4.98 Å². The van der Waals surface area contributed by atoms with Gasteiger partial charge in [0.25, 0.3) is 0 Å². The number of carboxylic acid groups (broad SMARTS) is 1. The number of carboxylic acids is 1. The van der Waals surface area contributed by atoms with Crippen molar-refractivity contribution in [3.63, 3.8) is 0 Å². The van der Waals surface area contributed by atoms with E-state index in [-0.39, 0.29) is 26.3 Å². The molecule has 9 nitrogen and oxygen atoms in total. The number of nitrogens with zero attached hydrogens (tertiary/aromatic N) is 2. The lowest BCUT2D eigenvalue weighted by atomic mass is 10.6. The molecule has 0 aliphatic carbocycles. The number of aryl methyl sites for hydroxylation is 1. The van der Waals surface area contributed by atoms with Crippen LogP contribution < -0.4 is 10.6 Å². The Kier molecular flexibility index (Phi) is 5.58. The van der Waals surface area contributed by atoms with Gasteiger partial charge in [0.05, 0.1) is 13.2 Å². The summed E-state index contributed by atoms with van der Waals surface area (Å²) in [6, 6.07) is -0.420. The van der Waals surface area contributed by atoms with E-state index in [0.29, 0.717) is 11.7 Å².